The number of ether oxygens (including phenoxy) is 1. The molecule has 0 bridgehead atoms. The summed E-state index contributed by atoms with van der Waals surface area (Å²) in [5, 5.41) is 1.91. The quantitative estimate of drug-likeness (QED) is 0.922. The van der Waals surface area contributed by atoms with Gasteiger partial charge in [0.2, 0.25) is 0 Å². The van der Waals surface area contributed by atoms with Gasteiger partial charge in [0.25, 0.3) is 5.91 Å². The third-order valence-corrected chi connectivity index (χ3v) is 5.17. The number of likely N-dealkylation sites (tertiary alicyclic amines) is 1. The van der Waals surface area contributed by atoms with Crippen molar-refractivity contribution in [1.29, 1.82) is 0 Å². The van der Waals surface area contributed by atoms with E-state index in [1.807, 2.05) is 16.3 Å². The average Bonchev–Trinajstić information content (AvgIpc) is 2.83. The topological polar surface area (TPSA) is 55.6 Å². The van der Waals surface area contributed by atoms with Crippen molar-refractivity contribution in [3.63, 3.8) is 0 Å². The summed E-state index contributed by atoms with van der Waals surface area (Å²) in [7, 11) is 1.71. The molecule has 1 fully saturated rings. The van der Waals surface area contributed by atoms with Gasteiger partial charge in [-0.25, -0.2) is 0 Å². The lowest BCUT2D eigenvalue weighted by Crippen LogP contribution is -2.51. The number of methoxy groups -OCH3 is 1. The molecule has 2 unspecified atom stereocenters. The van der Waals surface area contributed by atoms with Crippen LogP contribution in [0.5, 0.6) is 0 Å². The van der Waals surface area contributed by atoms with Crippen molar-refractivity contribution in [1.82, 2.24) is 4.90 Å². The molecule has 0 radical (unpaired) electrons. The van der Waals surface area contributed by atoms with Crippen molar-refractivity contribution in [2.75, 3.05) is 20.2 Å². The van der Waals surface area contributed by atoms with E-state index >= 15 is 0 Å². The Labute approximate surface area is 119 Å². The second kappa shape index (κ2) is 6.14. The molecular formula is C12H17BrN2O2S. The summed E-state index contributed by atoms with van der Waals surface area (Å²) in [6.07, 6.45) is 1.91. The Kier molecular flexibility index (Phi) is 4.77. The highest BCUT2D eigenvalue weighted by Crippen LogP contribution is 2.27. The second-order valence-corrected chi connectivity index (χ2v) is 6.14. The van der Waals surface area contributed by atoms with Crippen LogP contribution in [0.3, 0.4) is 0 Å². The number of carbonyl (C=O) groups is 1. The van der Waals surface area contributed by atoms with E-state index in [1.54, 1.807) is 7.11 Å². The predicted molar refractivity (Wildman–Crippen MR) is 75.9 cm³/mol. The Morgan fingerprint density at radius 2 is 2.50 bits per heavy atom. The molecule has 2 atom stereocenters. The Morgan fingerprint density at radius 3 is 3.06 bits per heavy atom. The average molecular weight is 333 g/mol. The zero-order valence-corrected chi connectivity index (χ0v) is 12.7. The third kappa shape index (κ3) is 2.77. The molecule has 0 saturated carbocycles. The van der Waals surface area contributed by atoms with Gasteiger partial charge in [0.15, 0.2) is 0 Å². The summed E-state index contributed by atoms with van der Waals surface area (Å²) in [6.45, 7) is 1.19. The van der Waals surface area contributed by atoms with Crippen LogP contribution in [-0.4, -0.2) is 43.2 Å². The lowest BCUT2D eigenvalue weighted by Gasteiger charge is -2.38. The lowest BCUT2D eigenvalue weighted by molar-refractivity contribution is 0.0141. The molecule has 0 aliphatic carbocycles. The van der Waals surface area contributed by atoms with Gasteiger partial charge in [0, 0.05) is 30.7 Å². The normalized spacial score (nSPS) is 24.3. The number of thiophene rings is 1. The molecule has 2 N–H and O–H groups in total. The van der Waals surface area contributed by atoms with Crippen LogP contribution >= 0.6 is 27.3 Å². The fraction of sp³-hybridized carbons (Fsp3) is 0.583. The first-order valence-corrected chi connectivity index (χ1v) is 7.61. The number of hydrogen-bond donors (Lipinski definition) is 1. The Balaban J connectivity index is 2.13. The van der Waals surface area contributed by atoms with Gasteiger partial charge in [0.1, 0.15) is 4.88 Å². The molecule has 1 aliphatic heterocycles. The first-order valence-electron chi connectivity index (χ1n) is 5.94. The van der Waals surface area contributed by atoms with Crippen LogP contribution in [0.4, 0.5) is 0 Å². The third-order valence-electron chi connectivity index (χ3n) is 3.35. The van der Waals surface area contributed by atoms with Gasteiger partial charge in [-0.1, -0.05) is 0 Å². The molecule has 6 heteroatoms. The molecule has 2 rings (SSSR count). The molecule has 0 spiro atoms. The van der Waals surface area contributed by atoms with Crippen LogP contribution in [0, 0.1) is 0 Å². The van der Waals surface area contributed by atoms with Gasteiger partial charge in [-0.3, -0.25) is 4.79 Å². The first kappa shape index (κ1) is 14.0. The SMILES string of the molecule is COC1CCN(C(=O)c2sccc2Br)C(CN)C1. The molecule has 1 amide bonds. The lowest BCUT2D eigenvalue weighted by atomic mass is 9.99. The number of rotatable bonds is 3. The highest BCUT2D eigenvalue weighted by atomic mass is 79.9. The number of carbonyl (C=O) groups excluding carboxylic acids is 1. The highest BCUT2D eigenvalue weighted by Gasteiger charge is 2.32. The molecule has 1 saturated heterocycles. The molecular weight excluding hydrogens is 316 g/mol. The minimum Gasteiger partial charge on any atom is -0.381 e. The Morgan fingerprint density at radius 1 is 1.72 bits per heavy atom. The summed E-state index contributed by atoms with van der Waals surface area (Å²) >= 11 is 4.87. The zero-order chi connectivity index (χ0) is 13.1. The summed E-state index contributed by atoms with van der Waals surface area (Å²) in [5.41, 5.74) is 5.78. The number of piperidine rings is 1. The summed E-state index contributed by atoms with van der Waals surface area (Å²) in [5.74, 6) is 0.0712. The van der Waals surface area contributed by atoms with Gasteiger partial charge in [0.05, 0.1) is 6.10 Å². The summed E-state index contributed by atoms with van der Waals surface area (Å²) < 4.78 is 6.23. The minimum atomic E-state index is 0.0712. The van der Waals surface area contributed by atoms with Gasteiger partial charge in [-0.05, 0) is 40.2 Å². The van der Waals surface area contributed by atoms with E-state index in [1.165, 1.54) is 11.3 Å². The molecule has 18 heavy (non-hydrogen) atoms. The first-order chi connectivity index (χ1) is 8.67. The standard InChI is InChI=1S/C12H17BrN2O2S/c1-17-9-2-4-15(8(6-9)7-14)12(16)11-10(13)3-5-18-11/h3,5,8-9H,2,4,6-7,14H2,1H3. The molecule has 1 aromatic heterocycles. The molecule has 2 heterocycles. The van der Waals surface area contributed by atoms with Gasteiger partial charge < -0.3 is 15.4 Å². The second-order valence-electron chi connectivity index (χ2n) is 4.37. The van der Waals surface area contributed by atoms with Gasteiger partial charge in [-0.2, -0.15) is 0 Å². The van der Waals surface area contributed by atoms with Crippen molar-refractivity contribution < 1.29 is 9.53 Å². The maximum Gasteiger partial charge on any atom is 0.265 e. The smallest absolute Gasteiger partial charge is 0.265 e. The van der Waals surface area contributed by atoms with E-state index in [2.05, 4.69) is 15.9 Å². The number of nitrogens with zero attached hydrogens (tertiary/aromatic N) is 1. The fourth-order valence-corrected chi connectivity index (χ4v) is 3.79. The van der Waals surface area contributed by atoms with E-state index < -0.39 is 0 Å². The van der Waals surface area contributed by atoms with Gasteiger partial charge in [-0.15, -0.1) is 11.3 Å². The summed E-state index contributed by atoms with van der Waals surface area (Å²) in [4.78, 5) is 15.1. The van der Waals surface area contributed by atoms with E-state index in [0.29, 0.717) is 13.1 Å². The maximum absolute atomic E-state index is 12.5. The molecule has 1 aromatic rings. The van der Waals surface area contributed by atoms with Crippen LogP contribution in [-0.2, 0) is 4.74 Å². The molecule has 0 aromatic carbocycles. The number of halogens is 1. The van der Waals surface area contributed by atoms with E-state index in [4.69, 9.17) is 10.5 Å². The van der Waals surface area contributed by atoms with Crippen molar-refractivity contribution in [2.24, 2.45) is 5.73 Å². The monoisotopic (exact) mass is 332 g/mol. The largest absolute Gasteiger partial charge is 0.381 e. The van der Waals surface area contributed by atoms with Crippen LogP contribution < -0.4 is 5.73 Å². The molecule has 4 nitrogen and oxygen atoms in total. The number of hydrogen-bond acceptors (Lipinski definition) is 4. The summed E-state index contributed by atoms with van der Waals surface area (Å²) in [6, 6.07) is 1.97. The van der Waals surface area contributed by atoms with Crippen LogP contribution in [0.25, 0.3) is 0 Å². The highest BCUT2D eigenvalue weighted by molar-refractivity contribution is 9.10. The van der Waals surface area contributed by atoms with Gasteiger partial charge >= 0.3 is 0 Å². The Hall–Kier alpha value is -0.430. The Bertz CT molecular complexity index is 424. The van der Waals surface area contributed by atoms with E-state index in [0.717, 1.165) is 22.2 Å². The number of amides is 1. The van der Waals surface area contributed by atoms with Crippen LogP contribution in [0.2, 0.25) is 0 Å². The van der Waals surface area contributed by atoms with Crippen molar-refractivity contribution in [2.45, 2.75) is 25.0 Å². The maximum atomic E-state index is 12.5. The molecule has 1 aliphatic rings. The van der Waals surface area contributed by atoms with Crippen LogP contribution in [0.15, 0.2) is 15.9 Å². The number of nitrogens with two attached hydrogens (primary N) is 1. The van der Waals surface area contributed by atoms with E-state index in [9.17, 15) is 4.79 Å². The van der Waals surface area contributed by atoms with Crippen molar-refractivity contribution in [3.8, 4) is 0 Å². The van der Waals surface area contributed by atoms with E-state index in [-0.39, 0.29) is 18.1 Å². The van der Waals surface area contributed by atoms with Crippen molar-refractivity contribution in [3.05, 3.63) is 20.8 Å². The van der Waals surface area contributed by atoms with Crippen molar-refractivity contribution >= 4 is 33.2 Å². The van der Waals surface area contributed by atoms with Crippen LogP contribution in [0.1, 0.15) is 22.5 Å². The molecule has 100 valence electrons. The minimum absolute atomic E-state index is 0.0712. The predicted octanol–water partition coefficient (Wildman–Crippen LogP) is 2.09. The fourth-order valence-electron chi connectivity index (χ4n) is 2.30. The zero-order valence-electron chi connectivity index (χ0n) is 10.3.